The van der Waals surface area contributed by atoms with Gasteiger partial charge in [-0.25, -0.2) is 17.5 Å². The van der Waals surface area contributed by atoms with Crippen molar-refractivity contribution in [2.75, 3.05) is 44.6 Å². The van der Waals surface area contributed by atoms with Crippen LogP contribution in [0.4, 0.5) is 10.1 Å². The number of sulfonamides is 1. The van der Waals surface area contributed by atoms with Crippen molar-refractivity contribution in [1.29, 1.82) is 0 Å². The molecule has 1 saturated heterocycles. The number of nitrogens with zero attached hydrogens (tertiary/aromatic N) is 2. The van der Waals surface area contributed by atoms with Crippen LogP contribution in [0.5, 0.6) is 0 Å². The molecule has 0 spiro atoms. The number of rotatable bonds is 8. The van der Waals surface area contributed by atoms with E-state index in [9.17, 15) is 22.4 Å². The quantitative estimate of drug-likeness (QED) is 0.621. The highest BCUT2D eigenvalue weighted by atomic mass is 32.2. The van der Waals surface area contributed by atoms with Crippen LogP contribution < -0.4 is 10.0 Å². The molecule has 8 nitrogen and oxygen atoms in total. The fraction of sp³-hybridized carbons (Fsp3) is 0.364. The number of benzene rings is 2. The standard InChI is InChI=1S/C22H27FN4O4S/c1-17-2-6-19(7-3-17)25-21(28)16-26-12-14-27(15-13-26)22(29)10-11-24-32(30,31)20-8-4-18(23)5-9-20/h2-9,24H,10-16H2,1H3,(H,25,28). The Bertz CT molecular complexity index is 1030. The van der Waals surface area contributed by atoms with E-state index in [2.05, 4.69) is 10.0 Å². The summed E-state index contributed by atoms with van der Waals surface area (Å²) >= 11 is 0. The summed E-state index contributed by atoms with van der Waals surface area (Å²) in [6, 6.07) is 12.1. The fourth-order valence-electron chi connectivity index (χ4n) is 3.34. The highest BCUT2D eigenvalue weighted by molar-refractivity contribution is 7.89. The first-order chi connectivity index (χ1) is 15.2. The normalized spacial score (nSPS) is 14.9. The molecule has 0 atom stereocenters. The molecular formula is C22H27FN4O4S. The van der Waals surface area contributed by atoms with Crippen LogP contribution in [0.25, 0.3) is 0 Å². The number of halogens is 1. The van der Waals surface area contributed by atoms with Crippen molar-refractivity contribution in [3.63, 3.8) is 0 Å². The first-order valence-electron chi connectivity index (χ1n) is 10.3. The van der Waals surface area contributed by atoms with Crippen LogP contribution >= 0.6 is 0 Å². The molecule has 2 aromatic rings. The predicted octanol–water partition coefficient (Wildman–Crippen LogP) is 1.59. The van der Waals surface area contributed by atoms with E-state index < -0.39 is 15.8 Å². The van der Waals surface area contributed by atoms with Crippen molar-refractivity contribution in [2.45, 2.75) is 18.2 Å². The van der Waals surface area contributed by atoms with Crippen molar-refractivity contribution < 1.29 is 22.4 Å². The predicted molar refractivity (Wildman–Crippen MR) is 119 cm³/mol. The molecule has 2 amide bonds. The summed E-state index contributed by atoms with van der Waals surface area (Å²) in [5, 5.41) is 2.86. The number of amides is 2. The van der Waals surface area contributed by atoms with Crippen LogP contribution in [0.2, 0.25) is 0 Å². The molecule has 2 aromatic carbocycles. The number of hydrogen-bond donors (Lipinski definition) is 2. The molecule has 172 valence electrons. The lowest BCUT2D eigenvalue weighted by molar-refractivity contribution is -0.132. The van der Waals surface area contributed by atoms with Crippen molar-refractivity contribution in [1.82, 2.24) is 14.5 Å². The number of aryl methyl sites for hydroxylation is 1. The summed E-state index contributed by atoms with van der Waals surface area (Å²) in [6.45, 7) is 4.25. The third kappa shape index (κ3) is 6.84. The van der Waals surface area contributed by atoms with Gasteiger partial charge in [-0.05, 0) is 43.3 Å². The summed E-state index contributed by atoms with van der Waals surface area (Å²) < 4.78 is 39.7. The Hall–Kier alpha value is -2.82. The SMILES string of the molecule is Cc1ccc(NC(=O)CN2CCN(C(=O)CCNS(=O)(=O)c3ccc(F)cc3)CC2)cc1. The summed E-state index contributed by atoms with van der Waals surface area (Å²) in [5.41, 5.74) is 1.87. The van der Waals surface area contributed by atoms with Crippen molar-refractivity contribution in [2.24, 2.45) is 0 Å². The highest BCUT2D eigenvalue weighted by Crippen LogP contribution is 2.11. The molecule has 1 aliphatic heterocycles. The van der Waals surface area contributed by atoms with E-state index in [4.69, 9.17) is 0 Å². The molecule has 1 fully saturated rings. The van der Waals surface area contributed by atoms with Crippen LogP contribution in [-0.4, -0.2) is 69.3 Å². The second kappa shape index (κ2) is 10.7. The Morgan fingerprint density at radius 3 is 2.22 bits per heavy atom. The van der Waals surface area contributed by atoms with Gasteiger partial charge in [0.2, 0.25) is 21.8 Å². The van der Waals surface area contributed by atoms with Crippen LogP contribution in [0.15, 0.2) is 53.4 Å². The second-order valence-corrected chi connectivity index (χ2v) is 9.44. The van der Waals surface area contributed by atoms with Gasteiger partial charge < -0.3 is 10.2 Å². The van der Waals surface area contributed by atoms with E-state index >= 15 is 0 Å². The summed E-state index contributed by atoms with van der Waals surface area (Å²) in [6.07, 6.45) is 0.0222. The number of nitrogens with one attached hydrogen (secondary N) is 2. The first-order valence-corrected chi connectivity index (χ1v) is 11.8. The van der Waals surface area contributed by atoms with Crippen molar-refractivity contribution in [3.8, 4) is 0 Å². The van der Waals surface area contributed by atoms with Crippen molar-refractivity contribution >= 4 is 27.5 Å². The van der Waals surface area contributed by atoms with Gasteiger partial charge in [0.15, 0.2) is 0 Å². The molecule has 10 heteroatoms. The lowest BCUT2D eigenvalue weighted by Gasteiger charge is -2.34. The number of anilines is 1. The van der Waals surface area contributed by atoms with Gasteiger partial charge in [0.25, 0.3) is 0 Å². The molecule has 0 aromatic heterocycles. The maximum absolute atomic E-state index is 13.0. The van der Waals surface area contributed by atoms with E-state index in [1.165, 1.54) is 12.1 Å². The molecule has 3 rings (SSSR count). The minimum absolute atomic E-state index is 0.0222. The zero-order valence-electron chi connectivity index (χ0n) is 17.9. The third-order valence-electron chi connectivity index (χ3n) is 5.18. The molecule has 0 radical (unpaired) electrons. The Morgan fingerprint density at radius 1 is 0.969 bits per heavy atom. The van der Waals surface area contributed by atoms with Gasteiger partial charge in [0.1, 0.15) is 5.82 Å². The van der Waals surface area contributed by atoms with Gasteiger partial charge in [-0.15, -0.1) is 0 Å². The Labute approximate surface area is 187 Å². The molecular weight excluding hydrogens is 435 g/mol. The van der Waals surface area contributed by atoms with Gasteiger partial charge in [-0.1, -0.05) is 17.7 Å². The Balaban J connectivity index is 1.38. The summed E-state index contributed by atoms with van der Waals surface area (Å²) in [4.78, 5) is 28.2. The number of piperazine rings is 1. The van der Waals surface area contributed by atoms with Gasteiger partial charge in [-0.3, -0.25) is 14.5 Å². The first kappa shape index (κ1) is 23.8. The molecule has 0 aliphatic carbocycles. The van der Waals surface area contributed by atoms with Crippen LogP contribution in [0.1, 0.15) is 12.0 Å². The van der Waals surface area contributed by atoms with Gasteiger partial charge in [-0.2, -0.15) is 0 Å². The van der Waals surface area contributed by atoms with Crippen LogP contribution in [-0.2, 0) is 19.6 Å². The molecule has 2 N–H and O–H groups in total. The van der Waals surface area contributed by atoms with E-state index in [0.29, 0.717) is 26.2 Å². The number of hydrogen-bond acceptors (Lipinski definition) is 5. The third-order valence-corrected chi connectivity index (χ3v) is 6.66. The summed E-state index contributed by atoms with van der Waals surface area (Å²) in [7, 11) is -3.79. The second-order valence-electron chi connectivity index (χ2n) is 7.67. The van der Waals surface area contributed by atoms with Crippen LogP contribution in [0.3, 0.4) is 0 Å². The summed E-state index contributed by atoms with van der Waals surface area (Å²) in [5.74, 6) is -0.787. The average molecular weight is 463 g/mol. The average Bonchev–Trinajstić information content (AvgIpc) is 2.76. The van der Waals surface area contributed by atoms with E-state index in [1.54, 1.807) is 4.90 Å². The van der Waals surface area contributed by atoms with E-state index in [0.717, 1.165) is 23.4 Å². The minimum atomic E-state index is -3.79. The topological polar surface area (TPSA) is 98.8 Å². The molecule has 1 aliphatic rings. The Morgan fingerprint density at radius 2 is 1.59 bits per heavy atom. The lowest BCUT2D eigenvalue weighted by atomic mass is 10.2. The maximum atomic E-state index is 13.0. The minimum Gasteiger partial charge on any atom is -0.340 e. The van der Waals surface area contributed by atoms with Gasteiger partial charge >= 0.3 is 0 Å². The monoisotopic (exact) mass is 462 g/mol. The number of carbonyl (C=O) groups is 2. The molecule has 0 bridgehead atoms. The van der Waals surface area contributed by atoms with E-state index in [1.807, 2.05) is 36.1 Å². The molecule has 0 unspecified atom stereocenters. The lowest BCUT2D eigenvalue weighted by Crippen LogP contribution is -2.50. The van der Waals surface area contributed by atoms with E-state index in [-0.39, 0.29) is 36.2 Å². The molecule has 1 heterocycles. The zero-order chi connectivity index (χ0) is 23.1. The largest absolute Gasteiger partial charge is 0.340 e. The van der Waals surface area contributed by atoms with Crippen molar-refractivity contribution in [3.05, 3.63) is 59.9 Å². The fourth-order valence-corrected chi connectivity index (χ4v) is 4.38. The zero-order valence-corrected chi connectivity index (χ0v) is 18.7. The smallest absolute Gasteiger partial charge is 0.240 e. The maximum Gasteiger partial charge on any atom is 0.240 e. The van der Waals surface area contributed by atoms with Gasteiger partial charge in [0.05, 0.1) is 11.4 Å². The highest BCUT2D eigenvalue weighted by Gasteiger charge is 2.23. The Kier molecular flexibility index (Phi) is 7.94. The number of carbonyl (C=O) groups excluding carboxylic acids is 2. The van der Waals surface area contributed by atoms with Crippen LogP contribution in [0, 0.1) is 12.7 Å². The van der Waals surface area contributed by atoms with Gasteiger partial charge in [0, 0.05) is 44.8 Å². The molecule has 32 heavy (non-hydrogen) atoms. The molecule has 0 saturated carbocycles.